The van der Waals surface area contributed by atoms with Crippen LogP contribution in [0, 0.1) is 0 Å². The zero-order valence-corrected chi connectivity index (χ0v) is 6.43. The molecule has 0 aliphatic rings. The predicted molar refractivity (Wildman–Crippen MR) is 80.0 cm³/mol. The van der Waals surface area contributed by atoms with E-state index in [0.29, 0.717) is 0 Å². The minimum atomic E-state index is -2.74. The van der Waals surface area contributed by atoms with Gasteiger partial charge in [0, 0.05) is 0 Å². The summed E-state index contributed by atoms with van der Waals surface area (Å²) in [5.41, 5.74) is -2.74. The molecule has 0 unspecified atom stereocenters. The summed E-state index contributed by atoms with van der Waals surface area (Å²) >= 11 is 0. The van der Waals surface area contributed by atoms with Crippen molar-refractivity contribution in [2.24, 2.45) is 0 Å². The average Bonchev–Trinajstić information content (AvgIpc) is 1.82. The first kappa shape index (κ1) is 45.8. The maximum atomic E-state index is 10.3. The molecule has 0 amide bonds. The molecule has 0 radical (unpaired) electrons. The van der Waals surface area contributed by atoms with Crippen molar-refractivity contribution < 1.29 is 34.8 Å². The third-order valence-corrected chi connectivity index (χ3v) is 1.29. The summed E-state index contributed by atoms with van der Waals surface area (Å²) < 4.78 is 0. The van der Waals surface area contributed by atoms with Crippen LogP contribution in [0.1, 0.15) is 12.8 Å². The maximum absolute atomic E-state index is 10.3. The fourth-order valence-corrected chi connectivity index (χ4v) is 0.714. The molecule has 4 N–H and O–H groups in total. The molecule has 0 fully saturated rings. The summed E-state index contributed by atoms with van der Waals surface area (Å²) in [6.07, 6.45) is -2.29. The molecule has 0 heterocycles. The third-order valence-electron chi connectivity index (χ3n) is 1.29. The monoisotopic (exact) mass is 432 g/mol. The van der Waals surface area contributed by atoms with Crippen LogP contribution in [-0.4, -0.2) is 352 Å². The number of carboxylic acids is 3. The van der Waals surface area contributed by atoms with Crippen molar-refractivity contribution in [1.29, 1.82) is 0 Å². The molecular formula is C6H14K6O7. The first-order valence-corrected chi connectivity index (χ1v) is 3.17. The van der Waals surface area contributed by atoms with Crippen LogP contribution in [0.15, 0.2) is 0 Å². The van der Waals surface area contributed by atoms with Crippen LogP contribution < -0.4 is 0 Å². The number of carboxylic acid groups (broad SMARTS) is 3. The van der Waals surface area contributed by atoms with Crippen LogP contribution in [0.2, 0.25) is 0 Å². The number of rotatable bonds is 5. The molecule has 0 aliphatic carbocycles. The van der Waals surface area contributed by atoms with E-state index in [9.17, 15) is 14.4 Å². The Morgan fingerprint density at radius 1 is 0.684 bits per heavy atom. The summed E-state index contributed by atoms with van der Waals surface area (Å²) in [5.74, 6) is -5.02. The van der Waals surface area contributed by atoms with Gasteiger partial charge in [0.15, 0.2) is 5.60 Å². The molecule has 7 nitrogen and oxygen atoms in total. The van der Waals surface area contributed by atoms with Gasteiger partial charge in [0.05, 0.1) is 12.8 Å². The van der Waals surface area contributed by atoms with Gasteiger partial charge in [0.2, 0.25) is 0 Å². The van der Waals surface area contributed by atoms with Gasteiger partial charge in [0.25, 0.3) is 0 Å². The normalized spacial score (nSPS) is 7.42. The summed E-state index contributed by atoms with van der Waals surface area (Å²) in [6, 6.07) is 0. The van der Waals surface area contributed by atoms with Gasteiger partial charge >= 0.3 is 326 Å². The fraction of sp³-hybridized carbons (Fsp3) is 0.500. The Hall–Kier alpha value is 8.19. The Bertz CT molecular complexity index is 244. The van der Waals surface area contributed by atoms with Gasteiger partial charge < -0.3 is 20.4 Å². The standard InChI is InChI=1S/C6H8O7.6K.6H/c7-3(8)1-6(13,5(11)12)2-4(9)10;;;;;;;;;;;;/h13H,1-2H2,(H,7,8)(H,9,10)(H,11,12);;;;;;;;;;;;. The Morgan fingerprint density at radius 2 is 0.895 bits per heavy atom. The SMILES string of the molecule is O=C(O)CC(O)(CC(=O)O)C(=O)O.[KH].[KH].[KH].[KH].[KH].[KH]. The molecule has 0 saturated carbocycles. The van der Waals surface area contributed by atoms with Crippen LogP contribution in [0.4, 0.5) is 0 Å². The summed E-state index contributed by atoms with van der Waals surface area (Å²) in [6.45, 7) is 0. The van der Waals surface area contributed by atoms with Crippen LogP contribution >= 0.6 is 0 Å². The number of hydrogen-bond donors (Lipinski definition) is 4. The molecule has 0 rings (SSSR count). The molecule has 0 aromatic heterocycles. The van der Waals surface area contributed by atoms with Crippen molar-refractivity contribution in [3.63, 3.8) is 0 Å². The first-order chi connectivity index (χ1) is 5.78. The molecule has 0 aliphatic heterocycles. The van der Waals surface area contributed by atoms with Gasteiger partial charge in [-0.2, -0.15) is 0 Å². The van der Waals surface area contributed by atoms with Crippen LogP contribution in [-0.2, 0) is 14.4 Å². The van der Waals surface area contributed by atoms with Crippen LogP contribution in [0.25, 0.3) is 0 Å². The summed E-state index contributed by atoms with van der Waals surface area (Å²) in [7, 11) is 0. The van der Waals surface area contributed by atoms with Gasteiger partial charge in [-0.3, -0.25) is 9.59 Å². The van der Waals surface area contributed by atoms with Crippen molar-refractivity contribution in [1.82, 2.24) is 0 Å². The number of carbonyl (C=O) groups is 3. The Balaban J connectivity index is -0.0000000480. The zero-order valence-electron chi connectivity index (χ0n) is 6.43. The molecule has 0 spiro atoms. The van der Waals surface area contributed by atoms with E-state index in [1.54, 1.807) is 0 Å². The van der Waals surface area contributed by atoms with Gasteiger partial charge in [-0.15, -0.1) is 0 Å². The second-order valence-corrected chi connectivity index (χ2v) is 2.48. The van der Waals surface area contributed by atoms with Crippen molar-refractivity contribution in [2.45, 2.75) is 18.4 Å². The van der Waals surface area contributed by atoms with Crippen LogP contribution in [0.3, 0.4) is 0 Å². The van der Waals surface area contributed by atoms with E-state index in [1.807, 2.05) is 0 Å². The number of aliphatic carboxylic acids is 3. The van der Waals surface area contributed by atoms with E-state index >= 15 is 0 Å². The molecule has 0 bridgehead atoms. The van der Waals surface area contributed by atoms with Gasteiger partial charge in [-0.1, -0.05) is 0 Å². The van der Waals surface area contributed by atoms with Crippen molar-refractivity contribution >= 4 is 326 Å². The summed E-state index contributed by atoms with van der Waals surface area (Å²) in [4.78, 5) is 30.5. The third kappa shape index (κ3) is 26.2. The van der Waals surface area contributed by atoms with Crippen molar-refractivity contribution in [2.75, 3.05) is 0 Å². The van der Waals surface area contributed by atoms with Crippen molar-refractivity contribution in [3.8, 4) is 0 Å². The Labute approximate surface area is 366 Å². The van der Waals surface area contributed by atoms with E-state index in [2.05, 4.69) is 0 Å². The first-order valence-electron chi connectivity index (χ1n) is 3.17. The second kappa shape index (κ2) is 26.2. The Kier molecular flexibility index (Phi) is 63.1. The minimum absolute atomic E-state index is 0. The Morgan fingerprint density at radius 3 is 1.00 bits per heavy atom. The van der Waals surface area contributed by atoms with Crippen LogP contribution in [0.5, 0.6) is 0 Å². The summed E-state index contributed by atoms with van der Waals surface area (Å²) in [5, 5.41) is 33.8. The zero-order chi connectivity index (χ0) is 10.6. The van der Waals surface area contributed by atoms with E-state index < -0.39 is 36.4 Å². The average molecular weight is 433 g/mol. The van der Waals surface area contributed by atoms with E-state index in [4.69, 9.17) is 20.4 Å². The van der Waals surface area contributed by atoms with Crippen molar-refractivity contribution in [3.05, 3.63) is 0 Å². The molecule has 86 valence electrons. The van der Waals surface area contributed by atoms with E-state index in [1.165, 1.54) is 0 Å². The number of hydrogen-bond acceptors (Lipinski definition) is 4. The molecular weight excluding hydrogens is 419 g/mol. The number of aliphatic hydroxyl groups is 1. The quantitative estimate of drug-likeness (QED) is 0.319. The molecule has 0 aromatic rings. The molecule has 0 aromatic carbocycles. The molecule has 0 atom stereocenters. The molecule has 19 heavy (non-hydrogen) atoms. The molecule has 0 saturated heterocycles. The topological polar surface area (TPSA) is 132 Å². The van der Waals surface area contributed by atoms with Gasteiger partial charge in [-0.05, 0) is 0 Å². The second-order valence-electron chi connectivity index (χ2n) is 2.48. The van der Waals surface area contributed by atoms with E-state index in [0.717, 1.165) is 0 Å². The fourth-order valence-electron chi connectivity index (χ4n) is 0.714. The van der Waals surface area contributed by atoms with Gasteiger partial charge in [0.1, 0.15) is 0 Å². The molecule has 13 heteroatoms. The van der Waals surface area contributed by atoms with Gasteiger partial charge in [-0.25, -0.2) is 4.79 Å². The predicted octanol–water partition coefficient (Wildman–Crippen LogP) is -5.14. The van der Waals surface area contributed by atoms with E-state index in [-0.39, 0.29) is 308 Å².